The van der Waals surface area contributed by atoms with Crippen LogP contribution in [0, 0.1) is 23.0 Å². The van der Waals surface area contributed by atoms with Crippen LogP contribution in [0.4, 0.5) is 8.78 Å². The first-order valence-corrected chi connectivity index (χ1v) is 3.86. The fraction of sp³-hybridized carbons (Fsp3) is 0.222. The third kappa shape index (κ3) is 1.20. The number of rotatable bonds is 0. The van der Waals surface area contributed by atoms with Gasteiger partial charge in [0.05, 0.1) is 6.07 Å². The van der Waals surface area contributed by atoms with Gasteiger partial charge in [0, 0.05) is 5.56 Å². The molecule has 0 saturated heterocycles. The summed E-state index contributed by atoms with van der Waals surface area (Å²) in [6, 6.07) is 4.26. The maximum Gasteiger partial charge on any atom is 0.201 e. The third-order valence-corrected chi connectivity index (χ3v) is 1.93. The predicted octanol–water partition coefficient (Wildman–Crippen LogP) is 1.90. The van der Waals surface area contributed by atoms with E-state index in [0.29, 0.717) is 0 Å². The van der Waals surface area contributed by atoms with Crippen LogP contribution in [0.5, 0.6) is 5.75 Å². The molecule has 0 spiro atoms. The highest BCUT2D eigenvalue weighted by Crippen LogP contribution is 2.30. The lowest BCUT2D eigenvalue weighted by Crippen LogP contribution is -2.15. The minimum Gasteiger partial charge on any atom is -0.464 e. The molecule has 2 heterocycles. The number of hydrogen-bond acceptors (Lipinski definition) is 3. The molecule has 2 aliphatic heterocycles. The van der Waals surface area contributed by atoms with E-state index in [0.717, 1.165) is 0 Å². The molecule has 2 aliphatic rings. The molecule has 3 nitrogen and oxygen atoms in total. The van der Waals surface area contributed by atoms with Gasteiger partial charge < -0.3 is 9.47 Å². The van der Waals surface area contributed by atoms with E-state index in [4.69, 9.17) is 14.7 Å². The van der Waals surface area contributed by atoms with Gasteiger partial charge in [-0.25, -0.2) is 4.39 Å². The molecule has 0 aromatic heterocycles. The molecule has 3 rings (SSSR count). The van der Waals surface area contributed by atoms with Crippen LogP contribution in [0.2, 0.25) is 0 Å². The molecule has 1 aromatic rings. The van der Waals surface area contributed by atoms with Crippen molar-refractivity contribution >= 4 is 0 Å². The van der Waals surface area contributed by atoms with Crippen molar-refractivity contribution in [2.24, 2.45) is 0 Å². The highest BCUT2D eigenvalue weighted by atomic mass is 19.2. The van der Waals surface area contributed by atoms with Crippen LogP contribution in [0.15, 0.2) is 12.1 Å². The van der Waals surface area contributed by atoms with Crippen molar-refractivity contribution in [1.29, 1.82) is 5.26 Å². The molecule has 72 valence electrons. The second-order valence-electron chi connectivity index (χ2n) is 2.72. The van der Waals surface area contributed by atoms with Gasteiger partial charge in [-0.05, 0) is 12.1 Å². The number of hydrogen-bond donors (Lipinski definition) is 0. The molecule has 0 amide bonds. The van der Waals surface area contributed by atoms with Gasteiger partial charge in [-0.1, -0.05) is 0 Å². The molecule has 1 atom stereocenters. The Morgan fingerprint density at radius 3 is 2.86 bits per heavy atom. The molecule has 1 aromatic carbocycles. The van der Waals surface area contributed by atoms with Gasteiger partial charge in [-0.3, -0.25) is 0 Å². The lowest BCUT2D eigenvalue weighted by molar-refractivity contribution is -0.0220. The second-order valence-corrected chi connectivity index (χ2v) is 2.72. The average Bonchev–Trinajstić information content (AvgIpc) is 2.15. The molecule has 14 heavy (non-hydrogen) atoms. The van der Waals surface area contributed by atoms with Crippen LogP contribution < -0.4 is 4.74 Å². The van der Waals surface area contributed by atoms with E-state index in [2.05, 4.69) is 0 Å². The highest BCUT2D eigenvalue weighted by molar-refractivity contribution is 5.34. The van der Waals surface area contributed by atoms with Gasteiger partial charge >= 0.3 is 0 Å². The van der Waals surface area contributed by atoms with Gasteiger partial charge in [0.1, 0.15) is 0 Å². The van der Waals surface area contributed by atoms with Crippen LogP contribution in [0.25, 0.3) is 0 Å². The quantitative estimate of drug-likeness (QED) is 0.637. The number of nitriles is 1. The van der Waals surface area contributed by atoms with Crippen LogP contribution in [0.3, 0.4) is 0 Å². The van der Waals surface area contributed by atoms with E-state index >= 15 is 0 Å². The zero-order valence-corrected chi connectivity index (χ0v) is 6.96. The SMILES string of the molecule is N#CC1OCOc2ccc1c(F)c2F. The summed E-state index contributed by atoms with van der Waals surface area (Å²) in [6.45, 7) is -0.262. The third-order valence-electron chi connectivity index (χ3n) is 1.93. The van der Waals surface area contributed by atoms with Crippen molar-refractivity contribution in [3.63, 3.8) is 0 Å². The average molecular weight is 197 g/mol. The first-order valence-electron chi connectivity index (χ1n) is 3.86. The van der Waals surface area contributed by atoms with E-state index in [1.54, 1.807) is 6.07 Å². The van der Waals surface area contributed by atoms with Crippen LogP contribution in [-0.4, -0.2) is 6.79 Å². The first kappa shape index (κ1) is 8.91. The molecule has 0 saturated carbocycles. The van der Waals surface area contributed by atoms with E-state index in [1.165, 1.54) is 12.1 Å². The summed E-state index contributed by atoms with van der Waals surface area (Å²) in [5.74, 6) is -2.37. The van der Waals surface area contributed by atoms with Crippen molar-refractivity contribution in [3.05, 3.63) is 29.3 Å². The van der Waals surface area contributed by atoms with Crippen LogP contribution in [-0.2, 0) is 4.74 Å². The van der Waals surface area contributed by atoms with E-state index < -0.39 is 17.7 Å². The Hall–Kier alpha value is -1.67. The minimum absolute atomic E-state index is 0.1000. The van der Waals surface area contributed by atoms with Crippen molar-refractivity contribution < 1.29 is 18.3 Å². The standard InChI is InChI=1S/C9H5F2NO2/c10-8-5-1-2-6(9(8)11)13-4-14-7(5)3-12/h1-2,7H,4H2. The summed E-state index contributed by atoms with van der Waals surface area (Å²) >= 11 is 0. The summed E-state index contributed by atoms with van der Waals surface area (Å²) in [7, 11) is 0. The zero-order valence-electron chi connectivity index (χ0n) is 6.96. The van der Waals surface area contributed by atoms with E-state index in [9.17, 15) is 8.78 Å². The number of fused-ring (bicyclic) bond motifs is 5. The molecule has 5 heteroatoms. The molecule has 0 aliphatic carbocycles. The fourth-order valence-corrected chi connectivity index (χ4v) is 1.22. The maximum atomic E-state index is 13.2. The molecular formula is C9H5F2NO2. The summed E-state index contributed by atoms with van der Waals surface area (Å²) in [4.78, 5) is 0. The van der Waals surface area contributed by atoms with Gasteiger partial charge in [-0.2, -0.15) is 9.65 Å². The van der Waals surface area contributed by atoms with Crippen molar-refractivity contribution in [3.8, 4) is 11.8 Å². The number of halogens is 2. The lowest BCUT2D eigenvalue weighted by Gasteiger charge is -2.18. The summed E-state index contributed by atoms with van der Waals surface area (Å²) in [5.41, 5.74) is -0.1000. The van der Waals surface area contributed by atoms with Crippen molar-refractivity contribution in [2.45, 2.75) is 6.10 Å². The smallest absolute Gasteiger partial charge is 0.201 e. The van der Waals surface area contributed by atoms with Crippen LogP contribution in [0.1, 0.15) is 11.7 Å². The molecule has 2 bridgehead atoms. The second kappa shape index (κ2) is 3.24. The molecular weight excluding hydrogens is 192 g/mol. The number of benzene rings is 1. The Kier molecular flexibility index (Phi) is 2.06. The molecule has 0 N–H and O–H groups in total. The minimum atomic E-state index is -1.13. The highest BCUT2D eigenvalue weighted by Gasteiger charge is 2.24. The Bertz CT molecular complexity index is 414. The van der Waals surface area contributed by atoms with Gasteiger partial charge in [0.2, 0.25) is 5.82 Å². The van der Waals surface area contributed by atoms with E-state index in [1.807, 2.05) is 0 Å². The lowest BCUT2D eigenvalue weighted by atomic mass is 10.1. The molecule has 1 unspecified atom stereocenters. The van der Waals surface area contributed by atoms with Crippen molar-refractivity contribution in [2.75, 3.05) is 6.79 Å². The Balaban J connectivity index is 2.61. The fourth-order valence-electron chi connectivity index (χ4n) is 1.22. The van der Waals surface area contributed by atoms with Crippen molar-refractivity contribution in [1.82, 2.24) is 0 Å². The molecule has 0 radical (unpaired) electrons. The van der Waals surface area contributed by atoms with E-state index in [-0.39, 0.29) is 18.1 Å². The number of ether oxygens (including phenoxy) is 2. The van der Waals surface area contributed by atoms with Crippen LogP contribution >= 0.6 is 0 Å². The maximum absolute atomic E-state index is 13.2. The largest absolute Gasteiger partial charge is 0.464 e. The topological polar surface area (TPSA) is 42.2 Å². The summed E-state index contributed by atoms with van der Waals surface area (Å²) in [5, 5.41) is 8.63. The van der Waals surface area contributed by atoms with Gasteiger partial charge in [0.15, 0.2) is 24.5 Å². The normalized spacial score (nSPS) is 19.4. The summed E-state index contributed by atoms with van der Waals surface area (Å²) in [6.07, 6.45) is -1.13. The Labute approximate surface area is 78.5 Å². The number of nitrogens with zero attached hydrogens (tertiary/aromatic N) is 1. The zero-order chi connectivity index (χ0) is 10.1. The monoisotopic (exact) mass is 197 g/mol. The first-order chi connectivity index (χ1) is 6.74. The van der Waals surface area contributed by atoms with Gasteiger partial charge in [0.25, 0.3) is 0 Å². The Morgan fingerprint density at radius 1 is 1.36 bits per heavy atom. The Morgan fingerprint density at radius 2 is 2.14 bits per heavy atom. The molecule has 0 fully saturated rings. The predicted molar refractivity (Wildman–Crippen MR) is 41.3 cm³/mol. The van der Waals surface area contributed by atoms with Gasteiger partial charge in [-0.15, -0.1) is 0 Å². The summed E-state index contributed by atoms with van der Waals surface area (Å²) < 4.78 is 36.0.